The second kappa shape index (κ2) is 4.90. The summed E-state index contributed by atoms with van der Waals surface area (Å²) in [6, 6.07) is 0. The van der Waals surface area contributed by atoms with Crippen molar-refractivity contribution in [3.8, 4) is 0 Å². The van der Waals surface area contributed by atoms with Crippen LogP contribution in [0.4, 0.5) is 0 Å². The zero-order chi connectivity index (χ0) is 9.68. The topological polar surface area (TPSA) is 35.5 Å². The first-order valence-electron chi connectivity index (χ1n) is 4.81. The van der Waals surface area contributed by atoms with Crippen molar-refractivity contribution < 1.29 is 14.3 Å². The van der Waals surface area contributed by atoms with E-state index in [2.05, 4.69) is 0 Å². The van der Waals surface area contributed by atoms with Crippen LogP contribution in [0.25, 0.3) is 0 Å². The molecule has 0 aromatic heterocycles. The molecule has 0 spiro atoms. The molecule has 0 aromatic rings. The molecule has 13 heavy (non-hydrogen) atoms. The Labute approximate surface area is 78.7 Å². The monoisotopic (exact) mass is 184 g/mol. The van der Waals surface area contributed by atoms with E-state index < -0.39 is 0 Å². The number of allylic oxidation sites excluding steroid dienone is 1. The number of hydrogen-bond acceptors (Lipinski definition) is 3. The summed E-state index contributed by atoms with van der Waals surface area (Å²) in [4.78, 5) is 11.4. The maximum atomic E-state index is 11.4. The molecule has 1 fully saturated rings. The van der Waals surface area contributed by atoms with E-state index in [9.17, 15) is 4.79 Å². The Balaban J connectivity index is 2.70. The van der Waals surface area contributed by atoms with Gasteiger partial charge < -0.3 is 9.47 Å². The summed E-state index contributed by atoms with van der Waals surface area (Å²) in [5.41, 5.74) is 0.708. The van der Waals surface area contributed by atoms with Crippen LogP contribution < -0.4 is 0 Å². The van der Waals surface area contributed by atoms with Gasteiger partial charge in [0.25, 0.3) is 0 Å². The predicted molar refractivity (Wildman–Crippen MR) is 49.1 cm³/mol. The number of rotatable bonds is 3. The summed E-state index contributed by atoms with van der Waals surface area (Å²) in [6.07, 6.45) is 2.58. The molecule has 1 saturated heterocycles. The van der Waals surface area contributed by atoms with Gasteiger partial charge in [-0.1, -0.05) is 6.92 Å². The molecule has 1 rings (SSSR count). The second-order valence-electron chi connectivity index (χ2n) is 2.93. The average molecular weight is 184 g/mol. The van der Waals surface area contributed by atoms with Gasteiger partial charge in [0, 0.05) is 6.42 Å². The molecule has 1 heterocycles. The second-order valence-corrected chi connectivity index (χ2v) is 2.93. The fourth-order valence-electron chi connectivity index (χ4n) is 1.41. The van der Waals surface area contributed by atoms with E-state index in [1.165, 1.54) is 0 Å². The number of ether oxygens (including phenoxy) is 2. The third kappa shape index (κ3) is 2.47. The van der Waals surface area contributed by atoms with Crippen LogP contribution in [0.2, 0.25) is 0 Å². The summed E-state index contributed by atoms with van der Waals surface area (Å²) in [5, 5.41) is 0. The minimum Gasteiger partial charge on any atom is -0.497 e. The highest BCUT2D eigenvalue weighted by molar-refractivity contribution is 5.88. The van der Waals surface area contributed by atoms with Gasteiger partial charge in [0.05, 0.1) is 18.8 Å². The lowest BCUT2D eigenvalue weighted by atomic mass is 10.1. The molecule has 0 aromatic carbocycles. The fourth-order valence-corrected chi connectivity index (χ4v) is 1.41. The van der Waals surface area contributed by atoms with E-state index >= 15 is 0 Å². The minimum absolute atomic E-state index is 0.220. The molecule has 3 nitrogen and oxygen atoms in total. The summed E-state index contributed by atoms with van der Waals surface area (Å²) < 4.78 is 10.3. The van der Waals surface area contributed by atoms with Crippen LogP contribution in [0, 0.1) is 0 Å². The van der Waals surface area contributed by atoms with Gasteiger partial charge in [-0.25, -0.2) is 4.79 Å². The molecule has 0 atom stereocenters. The minimum atomic E-state index is -0.220. The standard InChI is InChI=1S/C10H16O3/c1-3-8(10(11)12-4-2)9-6-5-7-13-9/h3-7H2,1-2H3/b9-8-. The van der Waals surface area contributed by atoms with Crippen LogP contribution in [0.1, 0.15) is 33.1 Å². The molecule has 0 bridgehead atoms. The molecule has 74 valence electrons. The highest BCUT2D eigenvalue weighted by Crippen LogP contribution is 2.22. The molecule has 0 saturated carbocycles. The smallest absolute Gasteiger partial charge is 0.337 e. The highest BCUT2D eigenvalue weighted by Gasteiger charge is 2.19. The Morgan fingerprint density at radius 1 is 1.54 bits per heavy atom. The van der Waals surface area contributed by atoms with Crippen LogP contribution in [0.15, 0.2) is 11.3 Å². The molecular weight excluding hydrogens is 168 g/mol. The maximum Gasteiger partial charge on any atom is 0.337 e. The van der Waals surface area contributed by atoms with Crippen molar-refractivity contribution in [3.63, 3.8) is 0 Å². The first-order chi connectivity index (χ1) is 6.29. The van der Waals surface area contributed by atoms with Crippen LogP contribution in [-0.4, -0.2) is 19.2 Å². The largest absolute Gasteiger partial charge is 0.497 e. The molecule has 1 aliphatic heterocycles. The predicted octanol–water partition coefficient (Wildman–Crippen LogP) is 2.02. The Morgan fingerprint density at radius 2 is 2.31 bits per heavy atom. The summed E-state index contributed by atoms with van der Waals surface area (Å²) >= 11 is 0. The first kappa shape index (κ1) is 10.1. The van der Waals surface area contributed by atoms with Crippen LogP contribution >= 0.6 is 0 Å². The zero-order valence-electron chi connectivity index (χ0n) is 8.26. The summed E-state index contributed by atoms with van der Waals surface area (Å²) in [5.74, 6) is 0.614. The zero-order valence-corrected chi connectivity index (χ0v) is 8.26. The van der Waals surface area contributed by atoms with Crippen LogP contribution in [0.3, 0.4) is 0 Å². The van der Waals surface area contributed by atoms with Crippen molar-refractivity contribution in [2.45, 2.75) is 33.1 Å². The molecule has 3 heteroatoms. The number of carbonyl (C=O) groups excluding carboxylic acids is 1. The Morgan fingerprint density at radius 3 is 2.77 bits per heavy atom. The molecule has 0 amide bonds. The normalized spacial score (nSPS) is 19.5. The fraction of sp³-hybridized carbons (Fsp3) is 0.700. The van der Waals surface area contributed by atoms with E-state index in [0.717, 1.165) is 25.2 Å². The maximum absolute atomic E-state index is 11.4. The first-order valence-corrected chi connectivity index (χ1v) is 4.81. The third-order valence-electron chi connectivity index (χ3n) is 2.04. The van der Waals surface area contributed by atoms with Crippen LogP contribution in [-0.2, 0) is 14.3 Å². The van der Waals surface area contributed by atoms with Gasteiger partial charge in [0.15, 0.2) is 0 Å². The lowest BCUT2D eigenvalue weighted by Gasteiger charge is -2.07. The van der Waals surface area contributed by atoms with E-state index in [0.29, 0.717) is 18.6 Å². The van der Waals surface area contributed by atoms with Gasteiger partial charge in [-0.3, -0.25) is 0 Å². The molecule has 0 aliphatic carbocycles. The van der Waals surface area contributed by atoms with E-state index in [1.807, 2.05) is 13.8 Å². The Hall–Kier alpha value is -0.990. The van der Waals surface area contributed by atoms with Crippen molar-refractivity contribution >= 4 is 5.97 Å². The average Bonchev–Trinajstić information content (AvgIpc) is 2.59. The molecular formula is C10H16O3. The van der Waals surface area contributed by atoms with Crippen molar-refractivity contribution in [2.24, 2.45) is 0 Å². The third-order valence-corrected chi connectivity index (χ3v) is 2.04. The lowest BCUT2D eigenvalue weighted by Crippen LogP contribution is -2.09. The highest BCUT2D eigenvalue weighted by atomic mass is 16.5. The Kier molecular flexibility index (Phi) is 3.80. The van der Waals surface area contributed by atoms with Crippen molar-refractivity contribution in [3.05, 3.63) is 11.3 Å². The van der Waals surface area contributed by atoms with Gasteiger partial charge in [0.1, 0.15) is 5.76 Å². The lowest BCUT2D eigenvalue weighted by molar-refractivity contribution is -0.138. The SMILES string of the molecule is CCOC(=O)/C(CC)=C1/CCCO1. The van der Waals surface area contributed by atoms with E-state index in [1.54, 1.807) is 0 Å². The quantitative estimate of drug-likeness (QED) is 0.497. The number of carbonyl (C=O) groups is 1. The van der Waals surface area contributed by atoms with E-state index in [4.69, 9.17) is 9.47 Å². The molecule has 1 aliphatic rings. The Bertz CT molecular complexity index is 210. The van der Waals surface area contributed by atoms with Crippen molar-refractivity contribution in [1.29, 1.82) is 0 Å². The molecule has 0 unspecified atom stereocenters. The van der Waals surface area contributed by atoms with Crippen LogP contribution in [0.5, 0.6) is 0 Å². The van der Waals surface area contributed by atoms with Gasteiger partial charge in [-0.05, 0) is 19.8 Å². The molecule has 0 radical (unpaired) electrons. The van der Waals surface area contributed by atoms with Gasteiger partial charge >= 0.3 is 5.97 Å². The van der Waals surface area contributed by atoms with Gasteiger partial charge in [0.2, 0.25) is 0 Å². The van der Waals surface area contributed by atoms with Crippen molar-refractivity contribution in [1.82, 2.24) is 0 Å². The molecule has 0 N–H and O–H groups in total. The summed E-state index contributed by atoms with van der Waals surface area (Å²) in [7, 11) is 0. The van der Waals surface area contributed by atoms with Gasteiger partial charge in [-0.2, -0.15) is 0 Å². The number of hydrogen-bond donors (Lipinski definition) is 0. The number of esters is 1. The van der Waals surface area contributed by atoms with E-state index in [-0.39, 0.29) is 5.97 Å². The van der Waals surface area contributed by atoms with Gasteiger partial charge in [-0.15, -0.1) is 0 Å². The summed E-state index contributed by atoms with van der Waals surface area (Å²) in [6.45, 7) is 4.92. The van der Waals surface area contributed by atoms with Crippen molar-refractivity contribution in [2.75, 3.05) is 13.2 Å².